The van der Waals surface area contributed by atoms with E-state index in [0.29, 0.717) is 23.0 Å². The van der Waals surface area contributed by atoms with Gasteiger partial charge in [0.2, 0.25) is 0 Å². The Morgan fingerprint density at radius 2 is 2.27 bits per heavy atom. The van der Waals surface area contributed by atoms with Crippen molar-refractivity contribution in [1.82, 2.24) is 0 Å². The molecular weight excluding hydrogens is 214 g/mol. The molecule has 0 spiro atoms. The number of hydrogen-bond acceptors (Lipinski definition) is 3. The number of rotatable bonds is 4. The number of benzene rings is 1. The summed E-state index contributed by atoms with van der Waals surface area (Å²) in [7, 11) is 0. The van der Waals surface area contributed by atoms with Crippen LogP contribution in [-0.2, 0) is 11.2 Å². The van der Waals surface area contributed by atoms with Crippen molar-refractivity contribution in [2.45, 2.75) is 6.42 Å². The van der Waals surface area contributed by atoms with Crippen LogP contribution in [0.2, 0.25) is 0 Å². The maximum absolute atomic E-state index is 11.1. The first-order chi connectivity index (χ1) is 7.21. The molecule has 0 saturated carbocycles. The number of halogens is 1. The van der Waals surface area contributed by atoms with Gasteiger partial charge in [0.05, 0.1) is 17.5 Å². The van der Waals surface area contributed by atoms with E-state index in [-0.39, 0.29) is 18.1 Å². The molecule has 0 aromatic heterocycles. The van der Waals surface area contributed by atoms with E-state index in [9.17, 15) is 9.59 Å². The number of Topliss-reactive ketones (excluding diaryl/α,β-unsaturated/α-hetero) is 1. The fourth-order valence-corrected chi connectivity index (χ4v) is 1.29. The van der Waals surface area contributed by atoms with Crippen molar-refractivity contribution in [3.8, 4) is 6.07 Å². The first-order valence-corrected chi connectivity index (χ1v) is 4.80. The van der Waals surface area contributed by atoms with Gasteiger partial charge < -0.3 is 0 Å². The number of nitriles is 1. The summed E-state index contributed by atoms with van der Waals surface area (Å²) < 4.78 is 0. The van der Waals surface area contributed by atoms with Gasteiger partial charge in [-0.1, -0.05) is 6.07 Å². The Balaban J connectivity index is 3.03. The zero-order valence-electron chi connectivity index (χ0n) is 7.87. The van der Waals surface area contributed by atoms with E-state index in [1.807, 2.05) is 6.07 Å². The van der Waals surface area contributed by atoms with Gasteiger partial charge in [-0.05, 0) is 17.7 Å². The van der Waals surface area contributed by atoms with Crippen molar-refractivity contribution in [3.05, 3.63) is 34.9 Å². The monoisotopic (exact) mass is 221 g/mol. The zero-order chi connectivity index (χ0) is 11.3. The van der Waals surface area contributed by atoms with Gasteiger partial charge in [0.1, 0.15) is 6.29 Å². The minimum absolute atomic E-state index is 0.0711. The molecule has 0 N–H and O–H groups in total. The Hall–Kier alpha value is -1.66. The molecule has 3 nitrogen and oxygen atoms in total. The Labute approximate surface area is 92.3 Å². The number of aldehydes is 1. The summed E-state index contributed by atoms with van der Waals surface area (Å²) in [5, 5.41) is 8.62. The number of ketones is 1. The van der Waals surface area contributed by atoms with Crippen molar-refractivity contribution < 1.29 is 9.59 Å². The third kappa shape index (κ3) is 2.90. The summed E-state index contributed by atoms with van der Waals surface area (Å²) in [5.41, 5.74) is 1.38. The van der Waals surface area contributed by atoms with Crippen LogP contribution in [0.25, 0.3) is 0 Å². The molecule has 1 rings (SSSR count). The van der Waals surface area contributed by atoms with Crippen molar-refractivity contribution in [2.75, 3.05) is 5.88 Å². The van der Waals surface area contributed by atoms with Crippen LogP contribution in [0.3, 0.4) is 0 Å². The van der Waals surface area contributed by atoms with Gasteiger partial charge in [0.25, 0.3) is 0 Å². The summed E-state index contributed by atoms with van der Waals surface area (Å²) in [4.78, 5) is 21.8. The molecule has 1 aromatic rings. The first kappa shape index (κ1) is 11.4. The standard InChI is InChI=1S/C11H8ClNO2/c12-5-11(15)4-9-2-1-8(6-13)3-10(9)7-14/h1-3,7H,4-5H2. The quantitative estimate of drug-likeness (QED) is 0.575. The molecule has 0 saturated heterocycles. The highest BCUT2D eigenvalue weighted by Gasteiger charge is 2.07. The van der Waals surface area contributed by atoms with E-state index in [4.69, 9.17) is 16.9 Å². The van der Waals surface area contributed by atoms with Gasteiger partial charge in [-0.2, -0.15) is 5.26 Å². The lowest BCUT2D eigenvalue weighted by Crippen LogP contribution is -2.06. The molecular formula is C11H8ClNO2. The number of nitrogens with zero attached hydrogens (tertiary/aromatic N) is 1. The number of carbonyl (C=O) groups is 2. The SMILES string of the molecule is N#Cc1ccc(CC(=O)CCl)c(C=O)c1. The van der Waals surface area contributed by atoms with Crippen molar-refractivity contribution >= 4 is 23.7 Å². The third-order valence-electron chi connectivity index (χ3n) is 1.94. The summed E-state index contributed by atoms with van der Waals surface area (Å²) in [6.45, 7) is 0. The Kier molecular flexibility index (Phi) is 4.02. The second kappa shape index (κ2) is 5.28. The van der Waals surface area contributed by atoms with Crippen molar-refractivity contribution in [3.63, 3.8) is 0 Å². The average Bonchev–Trinajstić information content (AvgIpc) is 2.29. The Morgan fingerprint density at radius 1 is 1.53 bits per heavy atom. The van der Waals surface area contributed by atoms with E-state index in [1.54, 1.807) is 12.1 Å². The predicted molar refractivity (Wildman–Crippen MR) is 56.0 cm³/mol. The van der Waals surface area contributed by atoms with Gasteiger partial charge >= 0.3 is 0 Å². The summed E-state index contributed by atoms with van der Waals surface area (Å²) in [6, 6.07) is 6.57. The molecule has 1 aromatic carbocycles. The molecule has 0 aliphatic carbocycles. The highest BCUT2D eigenvalue weighted by Crippen LogP contribution is 2.11. The molecule has 0 heterocycles. The smallest absolute Gasteiger partial charge is 0.151 e. The molecule has 0 radical (unpaired) electrons. The van der Waals surface area contributed by atoms with Crippen LogP contribution in [0.4, 0.5) is 0 Å². The van der Waals surface area contributed by atoms with E-state index >= 15 is 0 Å². The highest BCUT2D eigenvalue weighted by molar-refractivity contribution is 6.27. The summed E-state index contributed by atoms with van der Waals surface area (Å²) in [5.74, 6) is -0.220. The molecule has 0 amide bonds. The molecule has 0 atom stereocenters. The normalized spacial score (nSPS) is 9.33. The highest BCUT2D eigenvalue weighted by atomic mass is 35.5. The van der Waals surface area contributed by atoms with E-state index in [2.05, 4.69) is 0 Å². The Bertz CT molecular complexity index is 435. The molecule has 76 valence electrons. The van der Waals surface area contributed by atoms with Crippen molar-refractivity contribution in [2.24, 2.45) is 0 Å². The van der Waals surface area contributed by atoms with Crippen LogP contribution in [-0.4, -0.2) is 17.9 Å². The van der Waals surface area contributed by atoms with Gasteiger partial charge in [-0.3, -0.25) is 9.59 Å². The molecule has 0 aliphatic heterocycles. The molecule has 0 unspecified atom stereocenters. The topological polar surface area (TPSA) is 57.9 Å². The molecule has 0 bridgehead atoms. The first-order valence-electron chi connectivity index (χ1n) is 4.27. The third-order valence-corrected chi connectivity index (χ3v) is 2.24. The largest absolute Gasteiger partial charge is 0.298 e. The van der Waals surface area contributed by atoms with E-state index in [1.165, 1.54) is 6.07 Å². The Morgan fingerprint density at radius 3 is 2.80 bits per heavy atom. The van der Waals surface area contributed by atoms with Gasteiger partial charge in [0.15, 0.2) is 5.78 Å². The molecule has 15 heavy (non-hydrogen) atoms. The van der Waals surface area contributed by atoms with Crippen LogP contribution in [0.15, 0.2) is 18.2 Å². The van der Waals surface area contributed by atoms with Crippen LogP contribution >= 0.6 is 11.6 Å². The predicted octanol–water partition coefficient (Wildman–Crippen LogP) is 1.72. The van der Waals surface area contributed by atoms with Crippen LogP contribution in [0.1, 0.15) is 21.5 Å². The lowest BCUT2D eigenvalue weighted by molar-refractivity contribution is -0.116. The summed E-state index contributed by atoms with van der Waals surface area (Å²) in [6.07, 6.45) is 0.765. The fraction of sp³-hybridized carbons (Fsp3) is 0.182. The van der Waals surface area contributed by atoms with E-state index < -0.39 is 0 Å². The maximum Gasteiger partial charge on any atom is 0.151 e. The molecule has 0 aliphatic rings. The minimum Gasteiger partial charge on any atom is -0.298 e. The van der Waals surface area contributed by atoms with Gasteiger partial charge in [-0.25, -0.2) is 0 Å². The summed E-state index contributed by atoms with van der Waals surface area (Å²) >= 11 is 5.37. The van der Waals surface area contributed by atoms with Crippen molar-refractivity contribution in [1.29, 1.82) is 5.26 Å². The van der Waals surface area contributed by atoms with Crippen LogP contribution in [0.5, 0.6) is 0 Å². The lowest BCUT2D eigenvalue weighted by Gasteiger charge is -2.02. The minimum atomic E-state index is -0.149. The van der Waals surface area contributed by atoms with E-state index in [0.717, 1.165) is 0 Å². The van der Waals surface area contributed by atoms with Crippen LogP contribution in [0, 0.1) is 11.3 Å². The van der Waals surface area contributed by atoms with Crippen LogP contribution < -0.4 is 0 Å². The van der Waals surface area contributed by atoms with Gasteiger partial charge in [0, 0.05) is 12.0 Å². The second-order valence-electron chi connectivity index (χ2n) is 2.99. The zero-order valence-corrected chi connectivity index (χ0v) is 8.62. The molecule has 4 heteroatoms. The fourth-order valence-electron chi connectivity index (χ4n) is 1.19. The lowest BCUT2D eigenvalue weighted by atomic mass is 10.0. The second-order valence-corrected chi connectivity index (χ2v) is 3.26. The average molecular weight is 222 g/mol. The maximum atomic E-state index is 11.1. The molecule has 0 fully saturated rings. The number of hydrogen-bond donors (Lipinski definition) is 0. The van der Waals surface area contributed by atoms with Gasteiger partial charge in [-0.15, -0.1) is 11.6 Å². The number of alkyl halides is 1. The number of carbonyl (C=O) groups excluding carboxylic acids is 2.